The second-order valence-corrected chi connectivity index (χ2v) is 5.52. The molecule has 26 heavy (non-hydrogen) atoms. The number of anilines is 3. The molecule has 2 aromatic carbocycles. The number of carbonyl (C=O) groups is 3. The summed E-state index contributed by atoms with van der Waals surface area (Å²) in [6.45, 7) is 3.33. The molecule has 8 heteroatoms. The van der Waals surface area contributed by atoms with Gasteiger partial charge in [-0.25, -0.2) is 0 Å². The van der Waals surface area contributed by atoms with Gasteiger partial charge in [0.15, 0.2) is 0 Å². The van der Waals surface area contributed by atoms with Gasteiger partial charge in [-0.05, 0) is 42.5 Å². The van der Waals surface area contributed by atoms with Gasteiger partial charge in [-0.1, -0.05) is 12.6 Å². The summed E-state index contributed by atoms with van der Waals surface area (Å²) in [6, 6.07) is 9.84. The summed E-state index contributed by atoms with van der Waals surface area (Å²) < 4.78 is 27.6. The summed E-state index contributed by atoms with van der Waals surface area (Å²) >= 11 is 0. The van der Waals surface area contributed by atoms with Gasteiger partial charge < -0.3 is 16.0 Å². The number of alkyl halides is 2. The van der Waals surface area contributed by atoms with Gasteiger partial charge in [0.1, 0.15) is 0 Å². The topological polar surface area (TPSA) is 87.3 Å². The summed E-state index contributed by atoms with van der Waals surface area (Å²) in [7, 11) is 0. The second kappa shape index (κ2) is 6.40. The molecule has 0 bridgehead atoms. The van der Waals surface area contributed by atoms with E-state index >= 15 is 0 Å². The van der Waals surface area contributed by atoms with Crippen molar-refractivity contribution in [1.82, 2.24) is 0 Å². The van der Waals surface area contributed by atoms with Gasteiger partial charge in [0, 0.05) is 16.9 Å². The lowest BCUT2D eigenvalue weighted by Crippen LogP contribution is -2.23. The van der Waals surface area contributed by atoms with E-state index in [1.165, 1.54) is 24.3 Å². The fourth-order valence-corrected chi connectivity index (χ4v) is 2.45. The Hall–Kier alpha value is -3.55. The van der Waals surface area contributed by atoms with Crippen LogP contribution in [0.5, 0.6) is 0 Å². The molecule has 132 valence electrons. The van der Waals surface area contributed by atoms with Crippen LogP contribution in [0.1, 0.15) is 15.9 Å². The van der Waals surface area contributed by atoms with E-state index in [-0.39, 0.29) is 16.9 Å². The predicted octanol–water partition coefficient (Wildman–Crippen LogP) is 3.11. The Labute approximate surface area is 146 Å². The number of rotatable bonds is 4. The fraction of sp³-hybridized carbons (Fsp3) is 0.0556. The lowest BCUT2D eigenvalue weighted by molar-refractivity contribution is -0.139. The molecule has 6 nitrogen and oxygen atoms in total. The van der Waals surface area contributed by atoms with Crippen molar-refractivity contribution in [2.45, 2.75) is 5.92 Å². The first kappa shape index (κ1) is 17.3. The lowest BCUT2D eigenvalue weighted by Gasteiger charge is -2.10. The van der Waals surface area contributed by atoms with Crippen LogP contribution in [0.2, 0.25) is 0 Å². The third kappa shape index (κ3) is 3.16. The summed E-state index contributed by atoms with van der Waals surface area (Å²) in [6.07, 6.45) is 1.09. The van der Waals surface area contributed by atoms with Crippen LogP contribution >= 0.6 is 0 Å². The van der Waals surface area contributed by atoms with E-state index in [4.69, 9.17) is 0 Å². The van der Waals surface area contributed by atoms with Crippen LogP contribution in [-0.4, -0.2) is 17.7 Å². The van der Waals surface area contributed by atoms with Crippen molar-refractivity contribution in [1.29, 1.82) is 0 Å². The molecule has 3 rings (SSSR count). The highest BCUT2D eigenvalue weighted by atomic mass is 19.3. The van der Waals surface area contributed by atoms with Gasteiger partial charge in [0.25, 0.3) is 11.8 Å². The van der Waals surface area contributed by atoms with Crippen molar-refractivity contribution < 1.29 is 23.2 Å². The maximum atomic E-state index is 13.8. The number of halogens is 2. The zero-order valence-electron chi connectivity index (χ0n) is 13.3. The zero-order valence-corrected chi connectivity index (χ0v) is 13.3. The van der Waals surface area contributed by atoms with Gasteiger partial charge >= 0.3 is 5.92 Å². The first-order valence-electron chi connectivity index (χ1n) is 7.50. The molecule has 0 radical (unpaired) electrons. The van der Waals surface area contributed by atoms with Crippen LogP contribution in [0.15, 0.2) is 55.1 Å². The van der Waals surface area contributed by atoms with Crippen molar-refractivity contribution in [2.75, 3.05) is 16.0 Å². The first-order chi connectivity index (χ1) is 12.3. The molecule has 0 atom stereocenters. The van der Waals surface area contributed by atoms with Gasteiger partial charge in [-0.2, -0.15) is 8.78 Å². The number of carbonyl (C=O) groups excluding carboxylic acids is 3. The summed E-state index contributed by atoms with van der Waals surface area (Å²) in [5.74, 6) is -6.03. The number of fused-ring (bicyclic) bond motifs is 1. The number of benzene rings is 2. The molecule has 1 heterocycles. The molecule has 1 aliphatic rings. The Balaban J connectivity index is 1.80. The van der Waals surface area contributed by atoms with Crippen LogP contribution in [-0.2, 0) is 15.5 Å². The Morgan fingerprint density at radius 1 is 1.08 bits per heavy atom. The van der Waals surface area contributed by atoms with E-state index in [2.05, 4.69) is 22.5 Å². The second-order valence-electron chi connectivity index (χ2n) is 5.52. The van der Waals surface area contributed by atoms with Gasteiger partial charge in [0.2, 0.25) is 5.91 Å². The van der Waals surface area contributed by atoms with Crippen LogP contribution < -0.4 is 16.0 Å². The molecular weight excluding hydrogens is 344 g/mol. The summed E-state index contributed by atoms with van der Waals surface area (Å²) in [5.41, 5.74) is 0.232. The number of hydrogen-bond donors (Lipinski definition) is 3. The predicted molar refractivity (Wildman–Crippen MR) is 92.2 cm³/mol. The number of hydrogen-bond acceptors (Lipinski definition) is 3. The monoisotopic (exact) mass is 357 g/mol. The van der Waals surface area contributed by atoms with Gasteiger partial charge in [-0.3, -0.25) is 14.4 Å². The van der Waals surface area contributed by atoms with E-state index in [1.54, 1.807) is 12.1 Å². The number of nitrogens with one attached hydrogen (secondary N) is 3. The standard InChI is InChI=1S/C18H13F2N3O3/c1-2-15(24)21-11-5-3-4-10(8-11)16(25)22-12-6-7-14-13(9-12)18(19,20)17(26)23-14/h2-9H,1H2,(H,21,24)(H,22,25)(H,23,26). The Morgan fingerprint density at radius 2 is 1.81 bits per heavy atom. The van der Waals surface area contributed by atoms with Crippen LogP contribution in [0, 0.1) is 0 Å². The molecule has 1 aliphatic heterocycles. The summed E-state index contributed by atoms with van der Waals surface area (Å²) in [5, 5.41) is 7.09. The van der Waals surface area contributed by atoms with Crippen molar-refractivity contribution in [3.8, 4) is 0 Å². The van der Waals surface area contributed by atoms with E-state index < -0.39 is 29.2 Å². The van der Waals surface area contributed by atoms with Gasteiger partial charge in [0.05, 0.1) is 11.3 Å². The molecule has 3 amide bonds. The van der Waals surface area contributed by atoms with Crippen molar-refractivity contribution in [3.05, 3.63) is 66.2 Å². The maximum absolute atomic E-state index is 13.8. The zero-order chi connectivity index (χ0) is 18.9. The Kier molecular flexibility index (Phi) is 4.25. The van der Waals surface area contributed by atoms with Crippen LogP contribution in [0.25, 0.3) is 0 Å². The minimum Gasteiger partial charge on any atom is -0.323 e. The minimum absolute atomic E-state index is 0.00661. The van der Waals surface area contributed by atoms with E-state index in [9.17, 15) is 23.2 Å². The Morgan fingerprint density at radius 3 is 2.54 bits per heavy atom. The molecule has 0 aromatic heterocycles. The molecule has 0 spiro atoms. The molecule has 0 fully saturated rings. The highest BCUT2D eigenvalue weighted by Gasteiger charge is 2.48. The third-order valence-corrected chi connectivity index (χ3v) is 3.73. The van der Waals surface area contributed by atoms with Crippen LogP contribution in [0.4, 0.5) is 25.8 Å². The summed E-state index contributed by atoms with van der Waals surface area (Å²) in [4.78, 5) is 34.9. The highest BCUT2D eigenvalue weighted by Crippen LogP contribution is 2.41. The Bertz CT molecular complexity index is 941. The van der Waals surface area contributed by atoms with Crippen molar-refractivity contribution in [3.63, 3.8) is 0 Å². The largest absolute Gasteiger partial charge is 0.352 e. The molecule has 0 unspecified atom stereocenters. The van der Waals surface area contributed by atoms with E-state index in [0.717, 1.165) is 12.1 Å². The molecular formula is C18H13F2N3O3. The quantitative estimate of drug-likeness (QED) is 0.735. The molecule has 0 aliphatic carbocycles. The smallest absolute Gasteiger partial charge is 0.323 e. The first-order valence-corrected chi connectivity index (χ1v) is 7.50. The average molecular weight is 357 g/mol. The normalized spacial score (nSPS) is 14.2. The number of amides is 3. The fourth-order valence-electron chi connectivity index (χ4n) is 2.45. The SMILES string of the molecule is C=CC(=O)Nc1cccc(C(=O)Nc2ccc3c(c2)C(F)(F)C(=O)N3)c1. The molecule has 0 saturated heterocycles. The molecule has 3 N–H and O–H groups in total. The van der Waals surface area contributed by atoms with Gasteiger partial charge in [-0.15, -0.1) is 0 Å². The average Bonchev–Trinajstić information content (AvgIpc) is 2.84. The van der Waals surface area contributed by atoms with E-state index in [0.29, 0.717) is 5.69 Å². The lowest BCUT2D eigenvalue weighted by atomic mass is 10.1. The van der Waals surface area contributed by atoms with Crippen molar-refractivity contribution >= 4 is 34.8 Å². The minimum atomic E-state index is -3.65. The highest BCUT2D eigenvalue weighted by molar-refractivity contribution is 6.07. The third-order valence-electron chi connectivity index (χ3n) is 3.73. The molecule has 0 saturated carbocycles. The molecule has 2 aromatic rings. The van der Waals surface area contributed by atoms with Crippen LogP contribution in [0.3, 0.4) is 0 Å². The van der Waals surface area contributed by atoms with E-state index in [1.807, 2.05) is 0 Å². The van der Waals surface area contributed by atoms with Crippen molar-refractivity contribution in [2.24, 2.45) is 0 Å². The maximum Gasteiger partial charge on any atom is 0.352 e.